The molecule has 7 nitrogen and oxygen atoms in total. The molecule has 0 spiro atoms. The highest BCUT2D eigenvalue weighted by molar-refractivity contribution is 7.99. The van der Waals surface area contributed by atoms with Gasteiger partial charge in [-0.1, -0.05) is 43.0 Å². The maximum Gasteiger partial charge on any atom is 0.214 e. The van der Waals surface area contributed by atoms with Crippen molar-refractivity contribution in [2.45, 2.75) is 31.5 Å². The number of tetrazole rings is 1. The first-order valence-electron chi connectivity index (χ1n) is 9.79. The zero-order chi connectivity index (χ0) is 20.3. The van der Waals surface area contributed by atoms with E-state index in [9.17, 15) is 0 Å². The molecule has 0 aliphatic carbocycles. The quantitative estimate of drug-likeness (QED) is 0.358. The molecule has 0 saturated heterocycles. The number of hydrogen-bond acceptors (Lipinski definition) is 7. The summed E-state index contributed by atoms with van der Waals surface area (Å²) in [6, 6.07) is 16.0. The number of nitrogens with zero attached hydrogens (tertiary/aromatic N) is 4. The van der Waals surface area contributed by atoms with Crippen molar-refractivity contribution < 1.29 is 9.47 Å². The molecule has 0 aliphatic heterocycles. The summed E-state index contributed by atoms with van der Waals surface area (Å²) < 4.78 is 12.9. The lowest BCUT2D eigenvalue weighted by Crippen LogP contribution is -2.15. The van der Waals surface area contributed by atoms with Crippen molar-refractivity contribution in [3.05, 3.63) is 54.1 Å². The Balaban J connectivity index is 1.40. The van der Waals surface area contributed by atoms with Gasteiger partial charge in [0.1, 0.15) is 0 Å². The van der Waals surface area contributed by atoms with Crippen molar-refractivity contribution in [3.8, 4) is 17.2 Å². The molecule has 0 aliphatic rings. The van der Waals surface area contributed by atoms with Crippen molar-refractivity contribution in [2.75, 3.05) is 26.0 Å². The molecule has 2 aromatic carbocycles. The predicted octanol–water partition coefficient (Wildman–Crippen LogP) is 3.73. The Labute approximate surface area is 175 Å². The van der Waals surface area contributed by atoms with Crippen LogP contribution in [0.4, 0.5) is 0 Å². The van der Waals surface area contributed by atoms with Crippen LogP contribution in [-0.2, 0) is 6.54 Å². The summed E-state index contributed by atoms with van der Waals surface area (Å²) in [6.07, 6.45) is 1.99. The van der Waals surface area contributed by atoms with E-state index in [1.807, 2.05) is 42.5 Å². The first kappa shape index (κ1) is 21.1. The van der Waals surface area contributed by atoms with Crippen LogP contribution in [0.1, 0.15) is 25.3 Å². The number of thioether (sulfide) groups is 1. The summed E-state index contributed by atoms with van der Waals surface area (Å²) in [5.41, 5.74) is 2.14. The van der Waals surface area contributed by atoms with Crippen molar-refractivity contribution in [2.24, 2.45) is 0 Å². The fourth-order valence-electron chi connectivity index (χ4n) is 2.75. The highest BCUT2D eigenvalue weighted by Gasteiger charge is 2.08. The molecule has 1 heterocycles. The van der Waals surface area contributed by atoms with Crippen LogP contribution in [0.2, 0.25) is 0 Å². The lowest BCUT2D eigenvalue weighted by atomic mass is 10.2. The molecule has 0 fully saturated rings. The standard InChI is InChI=1S/C21H27N5O2S/c1-3-13-28-19-11-10-17(15-20(19)27-2)16-22-12-7-14-29-21-23-24-25-26(21)18-8-5-4-6-9-18/h4-6,8-11,15,22H,3,7,12-14,16H2,1-2H3. The summed E-state index contributed by atoms with van der Waals surface area (Å²) in [6.45, 7) is 4.48. The van der Waals surface area contributed by atoms with E-state index in [-0.39, 0.29) is 0 Å². The van der Waals surface area contributed by atoms with E-state index in [2.05, 4.69) is 33.8 Å². The maximum atomic E-state index is 5.70. The largest absolute Gasteiger partial charge is 0.493 e. The minimum atomic E-state index is 0.694. The number of para-hydroxylation sites is 1. The second kappa shape index (κ2) is 11.4. The van der Waals surface area contributed by atoms with Crippen LogP contribution in [0, 0.1) is 0 Å². The molecule has 29 heavy (non-hydrogen) atoms. The Morgan fingerprint density at radius 3 is 2.76 bits per heavy atom. The van der Waals surface area contributed by atoms with Crippen LogP contribution < -0.4 is 14.8 Å². The second-order valence-corrected chi connectivity index (χ2v) is 7.48. The molecule has 3 rings (SSSR count). The first-order chi connectivity index (χ1) is 14.3. The van der Waals surface area contributed by atoms with Crippen molar-refractivity contribution in [3.63, 3.8) is 0 Å². The lowest BCUT2D eigenvalue weighted by Gasteiger charge is -2.12. The Morgan fingerprint density at radius 2 is 1.97 bits per heavy atom. The van der Waals surface area contributed by atoms with E-state index in [0.29, 0.717) is 6.61 Å². The smallest absolute Gasteiger partial charge is 0.214 e. The number of hydrogen-bond donors (Lipinski definition) is 1. The number of aromatic nitrogens is 4. The van der Waals surface area contributed by atoms with Crippen LogP contribution in [0.3, 0.4) is 0 Å². The molecule has 0 radical (unpaired) electrons. The van der Waals surface area contributed by atoms with Gasteiger partial charge in [0.15, 0.2) is 11.5 Å². The average Bonchev–Trinajstić information content (AvgIpc) is 3.24. The van der Waals surface area contributed by atoms with Crippen molar-refractivity contribution in [1.29, 1.82) is 0 Å². The zero-order valence-corrected chi connectivity index (χ0v) is 17.7. The minimum absolute atomic E-state index is 0.694. The van der Waals surface area contributed by atoms with Crippen LogP contribution in [-0.4, -0.2) is 46.2 Å². The van der Waals surface area contributed by atoms with Crippen molar-refractivity contribution >= 4 is 11.8 Å². The Kier molecular flexibility index (Phi) is 8.33. The molecule has 0 bridgehead atoms. The highest BCUT2D eigenvalue weighted by atomic mass is 32.2. The van der Waals surface area contributed by atoms with Gasteiger partial charge >= 0.3 is 0 Å². The average molecular weight is 414 g/mol. The van der Waals surface area contributed by atoms with Gasteiger partial charge in [-0.3, -0.25) is 0 Å². The SMILES string of the molecule is CCCOc1ccc(CNCCCSc2nnnn2-c2ccccc2)cc1OC. The number of benzene rings is 2. The lowest BCUT2D eigenvalue weighted by molar-refractivity contribution is 0.294. The maximum absolute atomic E-state index is 5.70. The van der Waals surface area contributed by atoms with Gasteiger partial charge in [0.25, 0.3) is 0 Å². The van der Waals surface area contributed by atoms with Crippen LogP contribution in [0.15, 0.2) is 53.7 Å². The summed E-state index contributed by atoms with van der Waals surface area (Å²) in [4.78, 5) is 0. The van der Waals surface area contributed by atoms with Crippen LogP contribution in [0.25, 0.3) is 5.69 Å². The van der Waals surface area contributed by atoms with E-state index >= 15 is 0 Å². The number of ether oxygens (including phenoxy) is 2. The van der Waals surface area contributed by atoms with E-state index in [1.54, 1.807) is 23.6 Å². The van der Waals surface area contributed by atoms with Gasteiger partial charge < -0.3 is 14.8 Å². The van der Waals surface area contributed by atoms with E-state index in [4.69, 9.17) is 9.47 Å². The van der Waals surface area contributed by atoms with Gasteiger partial charge in [-0.05, 0) is 59.6 Å². The molecule has 0 saturated carbocycles. The fourth-order valence-corrected chi connectivity index (χ4v) is 3.58. The van der Waals surface area contributed by atoms with Gasteiger partial charge in [0, 0.05) is 12.3 Å². The van der Waals surface area contributed by atoms with Gasteiger partial charge in [0.05, 0.1) is 19.4 Å². The molecule has 3 aromatic rings. The Morgan fingerprint density at radius 1 is 1.10 bits per heavy atom. The van der Waals surface area contributed by atoms with E-state index < -0.39 is 0 Å². The minimum Gasteiger partial charge on any atom is -0.493 e. The van der Waals surface area contributed by atoms with Gasteiger partial charge in [-0.15, -0.1) is 5.10 Å². The van der Waals surface area contributed by atoms with Gasteiger partial charge in [-0.2, -0.15) is 4.68 Å². The topological polar surface area (TPSA) is 74.1 Å². The number of rotatable bonds is 12. The summed E-state index contributed by atoms with van der Waals surface area (Å²) >= 11 is 1.66. The molecule has 154 valence electrons. The number of nitrogens with one attached hydrogen (secondary N) is 1. The first-order valence-corrected chi connectivity index (χ1v) is 10.8. The monoisotopic (exact) mass is 413 g/mol. The third kappa shape index (κ3) is 6.20. The molecule has 8 heteroatoms. The molecule has 1 aromatic heterocycles. The van der Waals surface area contributed by atoms with Gasteiger partial charge in [0.2, 0.25) is 5.16 Å². The zero-order valence-electron chi connectivity index (χ0n) is 16.9. The Hall–Kier alpha value is -2.58. The van der Waals surface area contributed by atoms with Crippen LogP contribution in [0.5, 0.6) is 11.5 Å². The Bertz CT molecular complexity index is 873. The third-order valence-electron chi connectivity index (χ3n) is 4.19. The molecular formula is C21H27N5O2S. The molecule has 1 N–H and O–H groups in total. The molecule has 0 atom stereocenters. The fraction of sp³-hybridized carbons (Fsp3) is 0.381. The summed E-state index contributed by atoms with van der Waals surface area (Å²) in [5, 5.41) is 16.3. The molecular weight excluding hydrogens is 386 g/mol. The highest BCUT2D eigenvalue weighted by Crippen LogP contribution is 2.28. The van der Waals surface area contributed by atoms with Gasteiger partial charge in [-0.25, -0.2) is 0 Å². The molecule has 0 amide bonds. The van der Waals surface area contributed by atoms with E-state index in [1.165, 1.54) is 5.56 Å². The van der Waals surface area contributed by atoms with Crippen LogP contribution >= 0.6 is 11.8 Å². The summed E-state index contributed by atoms with van der Waals surface area (Å²) in [7, 11) is 1.67. The van der Waals surface area contributed by atoms with Crippen molar-refractivity contribution in [1.82, 2.24) is 25.5 Å². The second-order valence-electron chi connectivity index (χ2n) is 6.42. The normalized spacial score (nSPS) is 10.8. The summed E-state index contributed by atoms with van der Waals surface area (Å²) in [5.74, 6) is 2.51. The third-order valence-corrected chi connectivity index (χ3v) is 5.20. The van der Waals surface area contributed by atoms with E-state index in [0.717, 1.165) is 54.0 Å². The molecule has 0 unspecified atom stereocenters. The number of methoxy groups -OCH3 is 1. The predicted molar refractivity (Wildman–Crippen MR) is 115 cm³/mol.